The fourth-order valence-electron chi connectivity index (χ4n) is 2.53. The van der Waals surface area contributed by atoms with E-state index in [2.05, 4.69) is 17.2 Å². The van der Waals surface area contributed by atoms with Crippen molar-refractivity contribution in [3.63, 3.8) is 0 Å². The van der Waals surface area contributed by atoms with Crippen LogP contribution >= 0.6 is 22.6 Å². The minimum atomic E-state index is -0.499. The Kier molecular flexibility index (Phi) is 4.72. The van der Waals surface area contributed by atoms with Gasteiger partial charge in [-0.1, -0.05) is 6.58 Å². The quantitative estimate of drug-likeness (QED) is 0.678. The number of benzene rings is 1. The summed E-state index contributed by atoms with van der Waals surface area (Å²) in [4.78, 5) is 24.9. The van der Waals surface area contributed by atoms with Crippen LogP contribution in [-0.2, 0) is 14.1 Å². The highest BCUT2D eigenvalue weighted by Crippen LogP contribution is 2.27. The van der Waals surface area contributed by atoms with Crippen molar-refractivity contribution in [2.75, 3.05) is 5.32 Å². The molecule has 1 aliphatic rings. The van der Waals surface area contributed by atoms with Crippen molar-refractivity contribution in [3.05, 3.63) is 60.6 Å². The first-order chi connectivity index (χ1) is 11.8. The number of rotatable bonds is 5. The fraction of sp³-hybridized carbons (Fsp3) is 0.294. The first-order valence-electron chi connectivity index (χ1n) is 7.77. The van der Waals surface area contributed by atoms with Crippen molar-refractivity contribution in [1.82, 2.24) is 14.5 Å². The molecule has 1 heterocycles. The van der Waals surface area contributed by atoms with E-state index in [1.807, 2.05) is 22.6 Å². The molecule has 2 N–H and O–H groups in total. The maximum Gasteiger partial charge on any atom is 0.332 e. The average molecular weight is 456 g/mol. The summed E-state index contributed by atoms with van der Waals surface area (Å²) in [5.41, 5.74) is -0.137. The van der Waals surface area contributed by atoms with Gasteiger partial charge in [-0.05, 0) is 53.6 Å². The molecule has 8 heteroatoms. The van der Waals surface area contributed by atoms with E-state index >= 15 is 0 Å². The van der Waals surface area contributed by atoms with E-state index in [4.69, 9.17) is 0 Å². The molecule has 0 radical (unpaired) electrons. The summed E-state index contributed by atoms with van der Waals surface area (Å²) in [6.07, 6.45) is 2.03. The third-order valence-electron chi connectivity index (χ3n) is 4.11. The Bertz CT molecular complexity index is 976. The third kappa shape index (κ3) is 3.48. The second-order valence-electron chi connectivity index (χ2n) is 6.08. The molecule has 0 unspecified atom stereocenters. The summed E-state index contributed by atoms with van der Waals surface area (Å²) in [6, 6.07) is 4.97. The Morgan fingerprint density at radius 3 is 2.56 bits per heavy atom. The molecule has 0 atom stereocenters. The molecule has 0 aliphatic heterocycles. The third-order valence-corrected chi connectivity index (χ3v) is 4.78. The van der Waals surface area contributed by atoms with Gasteiger partial charge in [0.15, 0.2) is 0 Å². The fourth-order valence-corrected chi connectivity index (χ4v) is 2.98. The van der Waals surface area contributed by atoms with Gasteiger partial charge >= 0.3 is 5.69 Å². The largest absolute Gasteiger partial charge is 0.382 e. The molecule has 132 valence electrons. The molecule has 25 heavy (non-hydrogen) atoms. The van der Waals surface area contributed by atoms with E-state index in [0.717, 1.165) is 21.0 Å². The van der Waals surface area contributed by atoms with E-state index in [-0.39, 0.29) is 23.1 Å². The Balaban J connectivity index is 2.14. The minimum Gasteiger partial charge on any atom is -0.382 e. The van der Waals surface area contributed by atoms with Crippen LogP contribution in [0.25, 0.3) is 5.70 Å². The van der Waals surface area contributed by atoms with E-state index in [1.165, 1.54) is 24.7 Å². The number of hydrogen-bond donors (Lipinski definition) is 2. The molecule has 2 aromatic rings. The Hall–Kier alpha value is -2.10. The molecule has 1 fully saturated rings. The minimum absolute atomic E-state index is 0.184. The highest BCUT2D eigenvalue weighted by atomic mass is 127. The van der Waals surface area contributed by atoms with Crippen molar-refractivity contribution < 1.29 is 4.39 Å². The number of aromatic nitrogens is 2. The predicted molar refractivity (Wildman–Crippen MR) is 105 cm³/mol. The van der Waals surface area contributed by atoms with Gasteiger partial charge in [-0.15, -0.1) is 0 Å². The van der Waals surface area contributed by atoms with Gasteiger partial charge in [0.05, 0.1) is 5.69 Å². The smallest absolute Gasteiger partial charge is 0.332 e. The monoisotopic (exact) mass is 456 g/mol. The lowest BCUT2D eigenvalue weighted by Gasteiger charge is -2.19. The van der Waals surface area contributed by atoms with Gasteiger partial charge in [-0.25, -0.2) is 9.18 Å². The zero-order chi connectivity index (χ0) is 18.3. The Morgan fingerprint density at radius 2 is 1.96 bits per heavy atom. The maximum atomic E-state index is 14.2. The second-order valence-corrected chi connectivity index (χ2v) is 7.32. The van der Waals surface area contributed by atoms with E-state index < -0.39 is 17.1 Å². The Morgan fingerprint density at radius 1 is 1.28 bits per heavy atom. The maximum absolute atomic E-state index is 14.2. The first-order valence-corrected chi connectivity index (χ1v) is 8.85. The van der Waals surface area contributed by atoms with Gasteiger partial charge in [0.25, 0.3) is 5.56 Å². The van der Waals surface area contributed by atoms with Crippen molar-refractivity contribution in [2.45, 2.75) is 18.9 Å². The summed E-state index contributed by atoms with van der Waals surface area (Å²) < 4.78 is 17.3. The molecule has 1 aliphatic carbocycles. The lowest BCUT2D eigenvalue weighted by molar-refractivity contribution is 0.629. The molecule has 1 aromatic heterocycles. The van der Waals surface area contributed by atoms with Crippen molar-refractivity contribution in [3.8, 4) is 0 Å². The normalized spacial score (nSPS) is 13.6. The predicted octanol–water partition coefficient (Wildman–Crippen LogP) is 2.29. The van der Waals surface area contributed by atoms with Gasteiger partial charge < -0.3 is 10.6 Å². The van der Waals surface area contributed by atoms with Gasteiger partial charge in [0, 0.05) is 29.4 Å². The van der Waals surface area contributed by atoms with Crippen LogP contribution in [0, 0.1) is 9.39 Å². The number of hydrogen-bond acceptors (Lipinski definition) is 4. The van der Waals surface area contributed by atoms with E-state index in [1.54, 1.807) is 12.1 Å². The molecule has 0 amide bonds. The van der Waals surface area contributed by atoms with Crippen LogP contribution < -0.4 is 21.9 Å². The second kappa shape index (κ2) is 6.66. The summed E-state index contributed by atoms with van der Waals surface area (Å²) in [5, 5.41) is 6.07. The zero-order valence-corrected chi connectivity index (χ0v) is 16.1. The highest BCUT2D eigenvalue weighted by Gasteiger charge is 2.25. The molecule has 1 saturated carbocycles. The molecule has 3 rings (SSSR count). The molecule has 0 spiro atoms. The number of halogens is 2. The van der Waals surface area contributed by atoms with Crippen LogP contribution in [0.3, 0.4) is 0 Å². The molecule has 6 nitrogen and oxygen atoms in total. The molecule has 0 bridgehead atoms. The van der Waals surface area contributed by atoms with E-state index in [9.17, 15) is 14.0 Å². The number of anilines is 2. The Labute approximate surface area is 157 Å². The van der Waals surface area contributed by atoms with Crippen LogP contribution in [0.15, 0.2) is 34.4 Å². The van der Waals surface area contributed by atoms with Crippen LogP contribution in [0.5, 0.6) is 0 Å². The standard InChI is InChI=1S/C17H18FIN4O2/c1-9(20-11-5-6-11)14-15(22(2)17(25)23(3)16(14)24)21-13-7-4-10(19)8-12(13)18/h4,7-8,11,20-21H,1,5-6H2,2-3H3. The molecular weight excluding hydrogens is 438 g/mol. The van der Waals surface area contributed by atoms with Gasteiger partial charge in [-0.2, -0.15) is 0 Å². The summed E-state index contributed by atoms with van der Waals surface area (Å²) >= 11 is 2.01. The molecule has 0 saturated heterocycles. The first kappa shape index (κ1) is 17.7. The summed E-state index contributed by atoms with van der Waals surface area (Å²) in [7, 11) is 2.94. The summed E-state index contributed by atoms with van der Waals surface area (Å²) in [6.45, 7) is 3.94. The van der Waals surface area contributed by atoms with Crippen molar-refractivity contribution in [1.29, 1.82) is 0 Å². The topological polar surface area (TPSA) is 68.1 Å². The number of nitrogens with one attached hydrogen (secondary N) is 2. The van der Waals surface area contributed by atoms with Crippen LogP contribution in [0.1, 0.15) is 18.4 Å². The summed E-state index contributed by atoms with van der Waals surface area (Å²) in [5.74, 6) is -0.252. The zero-order valence-electron chi connectivity index (χ0n) is 13.9. The van der Waals surface area contributed by atoms with Gasteiger partial charge in [0.1, 0.15) is 17.2 Å². The highest BCUT2D eigenvalue weighted by molar-refractivity contribution is 14.1. The van der Waals surface area contributed by atoms with Crippen LogP contribution in [-0.4, -0.2) is 15.2 Å². The lowest BCUT2D eigenvalue weighted by Crippen LogP contribution is -2.41. The van der Waals surface area contributed by atoms with E-state index in [0.29, 0.717) is 5.70 Å². The van der Waals surface area contributed by atoms with Crippen LogP contribution in [0.2, 0.25) is 0 Å². The van der Waals surface area contributed by atoms with Gasteiger partial charge in [-0.3, -0.25) is 13.9 Å². The average Bonchev–Trinajstić information content (AvgIpc) is 3.36. The van der Waals surface area contributed by atoms with Crippen molar-refractivity contribution in [2.24, 2.45) is 14.1 Å². The lowest BCUT2D eigenvalue weighted by atomic mass is 10.2. The SMILES string of the molecule is C=C(NC1CC1)c1c(Nc2ccc(I)cc2F)n(C)c(=O)n(C)c1=O. The molecule has 1 aromatic carbocycles. The van der Waals surface area contributed by atoms with Crippen LogP contribution in [0.4, 0.5) is 15.9 Å². The molecular formula is C17H18FIN4O2. The number of nitrogens with zero attached hydrogens (tertiary/aromatic N) is 2. The van der Waals surface area contributed by atoms with Gasteiger partial charge in [0.2, 0.25) is 0 Å². The van der Waals surface area contributed by atoms with Crippen molar-refractivity contribution >= 4 is 39.8 Å².